The summed E-state index contributed by atoms with van der Waals surface area (Å²) in [4.78, 5) is 25.6. The molecule has 3 heterocycles. The molecule has 4 rings (SSSR count). The summed E-state index contributed by atoms with van der Waals surface area (Å²) in [5.41, 5.74) is 2.91. The number of amides is 1. The molecule has 1 amide bonds. The number of carbonyl (C=O) groups excluding carboxylic acids is 1. The van der Waals surface area contributed by atoms with Crippen molar-refractivity contribution in [2.24, 2.45) is 0 Å². The van der Waals surface area contributed by atoms with E-state index in [9.17, 15) is 4.79 Å². The van der Waals surface area contributed by atoms with E-state index in [-0.39, 0.29) is 5.91 Å². The van der Waals surface area contributed by atoms with Gasteiger partial charge in [-0.15, -0.1) is 11.3 Å². The predicted octanol–water partition coefficient (Wildman–Crippen LogP) is 4.01. The molecule has 5 nitrogen and oxygen atoms in total. The molecule has 0 bridgehead atoms. The number of pyridine rings is 2. The standard InChI is InChI=1S/C18H12N4OS/c23-17(22-18-20-8-9-24-18)14-10-16(12-4-3-7-19-11-12)21-15-6-2-1-5-13(14)15/h1-11H,(H,20,22,23). The summed E-state index contributed by atoms with van der Waals surface area (Å²) in [5.74, 6) is -0.200. The second-order valence-electron chi connectivity index (χ2n) is 5.11. The summed E-state index contributed by atoms with van der Waals surface area (Å²) in [7, 11) is 0. The maximum Gasteiger partial charge on any atom is 0.258 e. The van der Waals surface area contributed by atoms with Gasteiger partial charge in [-0.25, -0.2) is 9.97 Å². The number of para-hydroxylation sites is 1. The zero-order valence-electron chi connectivity index (χ0n) is 12.5. The zero-order chi connectivity index (χ0) is 16.4. The number of thiazole rings is 1. The lowest BCUT2D eigenvalue weighted by Crippen LogP contribution is -2.12. The number of fused-ring (bicyclic) bond motifs is 1. The third kappa shape index (κ3) is 2.75. The van der Waals surface area contributed by atoms with E-state index in [2.05, 4.69) is 20.3 Å². The predicted molar refractivity (Wildman–Crippen MR) is 95.0 cm³/mol. The fourth-order valence-electron chi connectivity index (χ4n) is 2.48. The van der Waals surface area contributed by atoms with Crippen molar-refractivity contribution in [2.75, 3.05) is 5.32 Å². The Morgan fingerprint density at radius 2 is 2.00 bits per heavy atom. The van der Waals surface area contributed by atoms with E-state index >= 15 is 0 Å². The van der Waals surface area contributed by atoms with E-state index in [1.54, 1.807) is 24.7 Å². The average Bonchev–Trinajstić information content (AvgIpc) is 3.14. The summed E-state index contributed by atoms with van der Waals surface area (Å²) in [6.45, 7) is 0. The molecule has 0 fully saturated rings. The summed E-state index contributed by atoms with van der Waals surface area (Å²) >= 11 is 1.38. The largest absolute Gasteiger partial charge is 0.298 e. The molecule has 0 saturated heterocycles. The summed E-state index contributed by atoms with van der Waals surface area (Å²) < 4.78 is 0. The maximum atomic E-state index is 12.7. The monoisotopic (exact) mass is 332 g/mol. The number of anilines is 1. The van der Waals surface area contributed by atoms with Gasteiger partial charge in [-0.2, -0.15) is 0 Å². The van der Waals surface area contributed by atoms with Crippen LogP contribution in [0.5, 0.6) is 0 Å². The number of carbonyl (C=O) groups is 1. The van der Waals surface area contributed by atoms with E-state index in [0.29, 0.717) is 16.4 Å². The Labute approximate surface area is 142 Å². The van der Waals surface area contributed by atoms with E-state index in [4.69, 9.17) is 0 Å². The lowest BCUT2D eigenvalue weighted by molar-refractivity contribution is 0.102. The topological polar surface area (TPSA) is 67.8 Å². The van der Waals surface area contributed by atoms with Crippen LogP contribution in [0.15, 0.2) is 66.4 Å². The number of hydrogen-bond acceptors (Lipinski definition) is 5. The molecule has 116 valence electrons. The molecule has 1 N–H and O–H groups in total. The Morgan fingerprint density at radius 1 is 1.08 bits per heavy atom. The zero-order valence-corrected chi connectivity index (χ0v) is 13.3. The molecule has 0 saturated carbocycles. The van der Waals surface area contributed by atoms with Crippen molar-refractivity contribution in [1.29, 1.82) is 0 Å². The van der Waals surface area contributed by atoms with Crippen LogP contribution in [0.3, 0.4) is 0 Å². The van der Waals surface area contributed by atoms with E-state index in [1.165, 1.54) is 11.3 Å². The number of nitrogens with one attached hydrogen (secondary N) is 1. The van der Waals surface area contributed by atoms with E-state index in [1.807, 2.05) is 41.8 Å². The van der Waals surface area contributed by atoms with Gasteiger partial charge in [-0.05, 0) is 24.3 Å². The highest BCUT2D eigenvalue weighted by atomic mass is 32.1. The molecule has 0 aliphatic carbocycles. The van der Waals surface area contributed by atoms with Gasteiger partial charge in [0.2, 0.25) is 0 Å². The van der Waals surface area contributed by atoms with Crippen molar-refractivity contribution in [3.8, 4) is 11.3 Å². The second kappa shape index (κ2) is 6.17. The fraction of sp³-hybridized carbons (Fsp3) is 0. The molecular formula is C18H12N4OS. The van der Waals surface area contributed by atoms with Crippen LogP contribution in [0, 0.1) is 0 Å². The third-order valence-corrected chi connectivity index (χ3v) is 4.26. The minimum absolute atomic E-state index is 0.200. The highest BCUT2D eigenvalue weighted by molar-refractivity contribution is 7.13. The molecule has 0 aliphatic rings. The van der Waals surface area contributed by atoms with Gasteiger partial charge in [-0.3, -0.25) is 15.1 Å². The Hall–Kier alpha value is -3.12. The van der Waals surface area contributed by atoms with Crippen LogP contribution < -0.4 is 5.32 Å². The van der Waals surface area contributed by atoms with Gasteiger partial charge in [0.05, 0.1) is 16.8 Å². The van der Waals surface area contributed by atoms with Crippen LogP contribution in [-0.4, -0.2) is 20.9 Å². The van der Waals surface area contributed by atoms with Crippen molar-refractivity contribution in [3.63, 3.8) is 0 Å². The fourth-order valence-corrected chi connectivity index (χ4v) is 3.00. The molecule has 24 heavy (non-hydrogen) atoms. The van der Waals surface area contributed by atoms with Crippen molar-refractivity contribution >= 4 is 33.3 Å². The first kappa shape index (κ1) is 14.5. The lowest BCUT2D eigenvalue weighted by Gasteiger charge is -2.09. The molecule has 0 radical (unpaired) electrons. The average molecular weight is 332 g/mol. The first-order chi connectivity index (χ1) is 11.8. The Kier molecular flexibility index (Phi) is 3.72. The summed E-state index contributed by atoms with van der Waals surface area (Å²) in [6, 6.07) is 13.2. The van der Waals surface area contributed by atoms with Gasteiger partial charge in [0.15, 0.2) is 5.13 Å². The van der Waals surface area contributed by atoms with Crippen LogP contribution in [0.4, 0.5) is 5.13 Å². The van der Waals surface area contributed by atoms with Gasteiger partial charge >= 0.3 is 0 Å². The summed E-state index contributed by atoms with van der Waals surface area (Å²) in [6.07, 6.45) is 5.10. The molecule has 0 unspecified atom stereocenters. The molecule has 0 atom stereocenters. The molecular weight excluding hydrogens is 320 g/mol. The molecule has 4 aromatic rings. The normalized spacial score (nSPS) is 10.7. The van der Waals surface area contributed by atoms with Crippen molar-refractivity contribution in [1.82, 2.24) is 15.0 Å². The van der Waals surface area contributed by atoms with Gasteiger partial charge in [-0.1, -0.05) is 18.2 Å². The molecule has 3 aromatic heterocycles. The van der Waals surface area contributed by atoms with Crippen LogP contribution in [0.1, 0.15) is 10.4 Å². The molecule has 1 aromatic carbocycles. The van der Waals surface area contributed by atoms with Gasteiger partial charge in [0.1, 0.15) is 0 Å². The number of aromatic nitrogens is 3. The van der Waals surface area contributed by atoms with Crippen LogP contribution in [0.2, 0.25) is 0 Å². The van der Waals surface area contributed by atoms with Gasteiger partial charge in [0, 0.05) is 34.9 Å². The Balaban J connectivity index is 1.85. The highest BCUT2D eigenvalue weighted by Crippen LogP contribution is 2.25. The van der Waals surface area contributed by atoms with E-state index in [0.717, 1.165) is 16.5 Å². The first-order valence-corrected chi connectivity index (χ1v) is 8.20. The lowest BCUT2D eigenvalue weighted by atomic mass is 10.0. The van der Waals surface area contributed by atoms with Crippen molar-refractivity contribution in [2.45, 2.75) is 0 Å². The molecule has 0 aliphatic heterocycles. The van der Waals surface area contributed by atoms with E-state index < -0.39 is 0 Å². The van der Waals surface area contributed by atoms with Crippen LogP contribution in [0.25, 0.3) is 22.2 Å². The van der Waals surface area contributed by atoms with Gasteiger partial charge in [0.25, 0.3) is 5.91 Å². The maximum absolute atomic E-state index is 12.7. The molecule has 0 spiro atoms. The van der Waals surface area contributed by atoms with Crippen molar-refractivity contribution in [3.05, 3.63) is 72.0 Å². The quantitative estimate of drug-likeness (QED) is 0.615. The SMILES string of the molecule is O=C(Nc1nccs1)c1cc(-c2cccnc2)nc2ccccc12. The number of benzene rings is 1. The third-order valence-electron chi connectivity index (χ3n) is 3.57. The number of hydrogen-bond donors (Lipinski definition) is 1. The van der Waals surface area contributed by atoms with Gasteiger partial charge < -0.3 is 0 Å². The number of nitrogens with zero attached hydrogens (tertiary/aromatic N) is 3. The van der Waals surface area contributed by atoms with Crippen molar-refractivity contribution < 1.29 is 4.79 Å². The first-order valence-electron chi connectivity index (χ1n) is 7.32. The second-order valence-corrected chi connectivity index (χ2v) is 6.00. The Morgan fingerprint density at radius 3 is 2.79 bits per heavy atom. The summed E-state index contributed by atoms with van der Waals surface area (Å²) in [5, 5.41) is 6.03. The smallest absolute Gasteiger partial charge is 0.258 e. The highest BCUT2D eigenvalue weighted by Gasteiger charge is 2.14. The van der Waals surface area contributed by atoms with Crippen LogP contribution in [-0.2, 0) is 0 Å². The van der Waals surface area contributed by atoms with Crippen LogP contribution >= 0.6 is 11.3 Å². The number of rotatable bonds is 3. The Bertz CT molecular complexity index is 1000. The molecule has 6 heteroatoms. The minimum Gasteiger partial charge on any atom is -0.298 e. The minimum atomic E-state index is -0.200.